The maximum Gasteiger partial charge on any atom is 0.252 e. The standard InChI is InChI=1S/C21H35N5O/c1-4-24-9-11-26(12-10-24)20-6-5-19(14-22-20)21(27)23-13-18-7-8-25(16-18)15-17(2)3/h5-6,14,17-18H,4,7-13,15-16H2,1-3H3,(H,23,27). The molecular weight excluding hydrogens is 338 g/mol. The number of likely N-dealkylation sites (tertiary alicyclic amines) is 1. The molecule has 1 atom stereocenters. The summed E-state index contributed by atoms with van der Waals surface area (Å²) in [4.78, 5) is 24.2. The Morgan fingerprint density at radius 3 is 2.59 bits per heavy atom. The highest BCUT2D eigenvalue weighted by atomic mass is 16.1. The molecule has 27 heavy (non-hydrogen) atoms. The third-order valence-electron chi connectivity index (χ3n) is 5.70. The number of carbonyl (C=O) groups is 1. The summed E-state index contributed by atoms with van der Waals surface area (Å²) in [5.41, 5.74) is 0.656. The summed E-state index contributed by atoms with van der Waals surface area (Å²) in [6.45, 7) is 16.2. The molecule has 2 saturated heterocycles. The van der Waals surface area contributed by atoms with Crippen molar-refractivity contribution in [2.24, 2.45) is 11.8 Å². The zero-order valence-electron chi connectivity index (χ0n) is 17.2. The molecule has 0 aromatic carbocycles. The first-order valence-corrected chi connectivity index (χ1v) is 10.5. The average Bonchev–Trinajstić information content (AvgIpc) is 3.13. The molecule has 0 spiro atoms. The fourth-order valence-electron chi connectivity index (χ4n) is 4.10. The highest BCUT2D eigenvalue weighted by Gasteiger charge is 2.23. The number of aromatic nitrogens is 1. The molecule has 1 amide bonds. The molecule has 1 aromatic heterocycles. The number of nitrogens with zero attached hydrogens (tertiary/aromatic N) is 4. The normalized spacial score (nSPS) is 21.8. The van der Waals surface area contributed by atoms with Crippen LogP contribution in [0, 0.1) is 11.8 Å². The van der Waals surface area contributed by atoms with Crippen molar-refractivity contribution in [2.75, 3.05) is 63.8 Å². The van der Waals surface area contributed by atoms with Crippen LogP contribution in [0.1, 0.15) is 37.6 Å². The number of piperazine rings is 1. The van der Waals surface area contributed by atoms with Gasteiger partial charge in [0.25, 0.3) is 5.91 Å². The molecule has 1 unspecified atom stereocenters. The summed E-state index contributed by atoms with van der Waals surface area (Å²) >= 11 is 0. The molecule has 150 valence electrons. The molecule has 0 aliphatic carbocycles. The van der Waals surface area contributed by atoms with E-state index < -0.39 is 0 Å². The van der Waals surface area contributed by atoms with Crippen LogP contribution >= 0.6 is 0 Å². The van der Waals surface area contributed by atoms with Crippen molar-refractivity contribution >= 4 is 11.7 Å². The zero-order valence-corrected chi connectivity index (χ0v) is 17.2. The van der Waals surface area contributed by atoms with Crippen LogP contribution in [0.2, 0.25) is 0 Å². The van der Waals surface area contributed by atoms with Gasteiger partial charge in [0.1, 0.15) is 5.82 Å². The van der Waals surface area contributed by atoms with Crippen molar-refractivity contribution in [3.05, 3.63) is 23.9 Å². The van der Waals surface area contributed by atoms with Crippen molar-refractivity contribution < 1.29 is 4.79 Å². The second-order valence-electron chi connectivity index (χ2n) is 8.34. The quantitative estimate of drug-likeness (QED) is 0.792. The molecule has 0 saturated carbocycles. The van der Waals surface area contributed by atoms with Gasteiger partial charge in [-0.25, -0.2) is 4.98 Å². The van der Waals surface area contributed by atoms with Crippen molar-refractivity contribution in [1.82, 2.24) is 20.1 Å². The van der Waals surface area contributed by atoms with E-state index in [0.717, 1.165) is 64.7 Å². The first-order chi connectivity index (χ1) is 13.0. The number of pyridine rings is 1. The largest absolute Gasteiger partial charge is 0.354 e. The minimum Gasteiger partial charge on any atom is -0.354 e. The molecule has 6 heteroatoms. The van der Waals surface area contributed by atoms with E-state index in [-0.39, 0.29) is 5.91 Å². The highest BCUT2D eigenvalue weighted by molar-refractivity contribution is 5.94. The summed E-state index contributed by atoms with van der Waals surface area (Å²) < 4.78 is 0. The van der Waals surface area contributed by atoms with Gasteiger partial charge in [0.2, 0.25) is 0 Å². The summed E-state index contributed by atoms with van der Waals surface area (Å²) in [6, 6.07) is 3.89. The van der Waals surface area contributed by atoms with Crippen molar-refractivity contribution in [3.8, 4) is 0 Å². The maximum absolute atomic E-state index is 12.4. The van der Waals surface area contributed by atoms with E-state index in [2.05, 4.69) is 45.8 Å². The highest BCUT2D eigenvalue weighted by Crippen LogP contribution is 2.17. The maximum atomic E-state index is 12.4. The Labute approximate surface area is 163 Å². The van der Waals surface area contributed by atoms with Gasteiger partial charge in [0, 0.05) is 52.0 Å². The van der Waals surface area contributed by atoms with Gasteiger partial charge < -0.3 is 20.0 Å². The molecule has 3 rings (SSSR count). The molecular formula is C21H35N5O. The van der Waals surface area contributed by atoms with E-state index >= 15 is 0 Å². The van der Waals surface area contributed by atoms with Gasteiger partial charge in [-0.15, -0.1) is 0 Å². The average molecular weight is 374 g/mol. The van der Waals surface area contributed by atoms with Crippen molar-refractivity contribution in [3.63, 3.8) is 0 Å². The van der Waals surface area contributed by atoms with Crippen LogP contribution < -0.4 is 10.2 Å². The van der Waals surface area contributed by atoms with Gasteiger partial charge >= 0.3 is 0 Å². The van der Waals surface area contributed by atoms with E-state index in [9.17, 15) is 4.79 Å². The minimum absolute atomic E-state index is 0.00726. The summed E-state index contributed by atoms with van der Waals surface area (Å²) in [6.07, 6.45) is 2.89. The lowest BCUT2D eigenvalue weighted by molar-refractivity contribution is 0.0947. The fourth-order valence-corrected chi connectivity index (χ4v) is 4.10. The van der Waals surface area contributed by atoms with E-state index in [1.165, 1.54) is 6.42 Å². The topological polar surface area (TPSA) is 51.7 Å². The lowest BCUT2D eigenvalue weighted by Crippen LogP contribution is -2.46. The molecule has 6 nitrogen and oxygen atoms in total. The molecule has 0 radical (unpaired) electrons. The Morgan fingerprint density at radius 2 is 1.96 bits per heavy atom. The van der Waals surface area contributed by atoms with Gasteiger partial charge in [-0.1, -0.05) is 20.8 Å². The Morgan fingerprint density at radius 1 is 1.19 bits per heavy atom. The van der Waals surface area contributed by atoms with Crippen LogP contribution in [-0.4, -0.2) is 79.6 Å². The van der Waals surface area contributed by atoms with Crippen LogP contribution in [0.5, 0.6) is 0 Å². The number of hydrogen-bond acceptors (Lipinski definition) is 5. The van der Waals surface area contributed by atoms with E-state index in [1.54, 1.807) is 6.20 Å². The van der Waals surface area contributed by atoms with Crippen LogP contribution in [0.3, 0.4) is 0 Å². The Bertz CT molecular complexity index is 595. The minimum atomic E-state index is -0.00726. The third-order valence-corrected chi connectivity index (χ3v) is 5.70. The molecule has 1 N–H and O–H groups in total. The molecule has 2 aliphatic rings. The second-order valence-corrected chi connectivity index (χ2v) is 8.34. The molecule has 2 fully saturated rings. The number of nitrogens with one attached hydrogen (secondary N) is 1. The first kappa shape index (κ1) is 20.1. The number of likely N-dealkylation sites (N-methyl/N-ethyl adjacent to an activating group) is 1. The lowest BCUT2D eigenvalue weighted by Gasteiger charge is -2.34. The van der Waals surface area contributed by atoms with Gasteiger partial charge in [-0.2, -0.15) is 0 Å². The molecule has 2 aliphatic heterocycles. The monoisotopic (exact) mass is 373 g/mol. The van der Waals surface area contributed by atoms with Gasteiger partial charge in [-0.05, 0) is 43.5 Å². The third kappa shape index (κ3) is 5.66. The fraction of sp³-hybridized carbons (Fsp3) is 0.714. The summed E-state index contributed by atoms with van der Waals surface area (Å²) in [5, 5.41) is 3.10. The number of amides is 1. The zero-order chi connectivity index (χ0) is 19.2. The van der Waals surface area contributed by atoms with Gasteiger partial charge in [-0.3, -0.25) is 4.79 Å². The smallest absolute Gasteiger partial charge is 0.252 e. The predicted octanol–water partition coefficient (Wildman–Crippen LogP) is 1.93. The Kier molecular flexibility index (Phi) is 7.07. The molecule has 1 aromatic rings. The van der Waals surface area contributed by atoms with E-state index in [0.29, 0.717) is 17.4 Å². The SMILES string of the molecule is CCN1CCN(c2ccc(C(=O)NCC3CCN(CC(C)C)C3)cn2)CC1. The van der Waals surface area contributed by atoms with Crippen molar-refractivity contribution in [1.29, 1.82) is 0 Å². The molecule has 0 bridgehead atoms. The Balaban J connectivity index is 1.44. The Hall–Kier alpha value is -1.66. The summed E-state index contributed by atoms with van der Waals surface area (Å²) in [7, 11) is 0. The molecule has 3 heterocycles. The van der Waals surface area contributed by atoms with Crippen molar-refractivity contribution in [2.45, 2.75) is 27.2 Å². The number of hydrogen-bond donors (Lipinski definition) is 1. The van der Waals surface area contributed by atoms with Gasteiger partial charge in [0.15, 0.2) is 0 Å². The number of carbonyl (C=O) groups excluding carboxylic acids is 1. The van der Waals surface area contributed by atoms with Gasteiger partial charge in [0.05, 0.1) is 5.56 Å². The number of rotatable bonds is 7. The number of anilines is 1. The van der Waals surface area contributed by atoms with Crippen LogP contribution in [0.15, 0.2) is 18.3 Å². The van der Waals surface area contributed by atoms with E-state index in [1.807, 2.05) is 12.1 Å². The van der Waals surface area contributed by atoms with Crippen LogP contribution in [0.4, 0.5) is 5.82 Å². The predicted molar refractivity (Wildman–Crippen MR) is 110 cm³/mol. The summed E-state index contributed by atoms with van der Waals surface area (Å²) in [5.74, 6) is 2.23. The van der Waals surface area contributed by atoms with Crippen LogP contribution in [-0.2, 0) is 0 Å². The van der Waals surface area contributed by atoms with Crippen LogP contribution in [0.25, 0.3) is 0 Å². The van der Waals surface area contributed by atoms with E-state index in [4.69, 9.17) is 0 Å². The lowest BCUT2D eigenvalue weighted by atomic mass is 10.1. The first-order valence-electron chi connectivity index (χ1n) is 10.5. The second kappa shape index (κ2) is 9.51.